The van der Waals surface area contributed by atoms with Crippen LogP contribution in [0.3, 0.4) is 0 Å². The molecule has 2 amide bonds. The topological polar surface area (TPSA) is 23.6 Å². The second-order valence-electron chi connectivity index (χ2n) is 5.53. The van der Waals surface area contributed by atoms with Gasteiger partial charge in [-0.2, -0.15) is 0 Å². The molecule has 2 aromatic carbocycles. The number of carbonyl (C=O) groups is 1. The number of carbonyl (C=O) groups excluding carboxylic acids is 1. The largest absolute Gasteiger partial charge is 0.320 e. The maximum absolute atomic E-state index is 12.6. The molecule has 0 spiro atoms. The third kappa shape index (κ3) is 3.60. The molecule has 1 aliphatic heterocycles. The molecule has 0 radical (unpaired) electrons. The van der Waals surface area contributed by atoms with Crippen LogP contribution in [-0.2, 0) is 13.1 Å². The Balaban J connectivity index is 1.74. The predicted molar refractivity (Wildman–Crippen MR) is 99.1 cm³/mol. The van der Waals surface area contributed by atoms with E-state index in [1.165, 1.54) is 0 Å². The fourth-order valence-electron chi connectivity index (χ4n) is 2.67. The highest BCUT2D eigenvalue weighted by Crippen LogP contribution is 2.29. The van der Waals surface area contributed by atoms with Gasteiger partial charge in [-0.15, -0.1) is 0 Å². The molecule has 0 N–H and O–H groups in total. The number of hydrogen-bond acceptors (Lipinski definition) is 1. The van der Waals surface area contributed by atoms with Crippen molar-refractivity contribution in [3.63, 3.8) is 0 Å². The Hall–Kier alpha value is -1.13. The molecule has 1 aliphatic rings. The van der Waals surface area contributed by atoms with Crippen LogP contribution in [0.4, 0.5) is 4.79 Å². The van der Waals surface area contributed by atoms with Crippen molar-refractivity contribution in [2.24, 2.45) is 0 Å². The summed E-state index contributed by atoms with van der Waals surface area (Å²) >= 11 is 24.8. The van der Waals surface area contributed by atoms with Crippen LogP contribution in [0.1, 0.15) is 11.1 Å². The van der Waals surface area contributed by atoms with E-state index in [2.05, 4.69) is 0 Å². The van der Waals surface area contributed by atoms with Gasteiger partial charge in [-0.05, 0) is 24.3 Å². The summed E-state index contributed by atoms with van der Waals surface area (Å²) < 4.78 is 0. The average Bonchev–Trinajstić information content (AvgIpc) is 2.87. The Morgan fingerprint density at radius 2 is 1.04 bits per heavy atom. The number of benzene rings is 2. The summed E-state index contributed by atoms with van der Waals surface area (Å²) in [5.41, 5.74) is 1.51. The van der Waals surface area contributed by atoms with Crippen LogP contribution in [0.25, 0.3) is 0 Å². The number of hydrogen-bond donors (Lipinski definition) is 0. The zero-order valence-corrected chi connectivity index (χ0v) is 15.6. The number of rotatable bonds is 4. The lowest BCUT2D eigenvalue weighted by atomic mass is 10.2. The minimum absolute atomic E-state index is 0.0815. The van der Waals surface area contributed by atoms with E-state index in [1.807, 2.05) is 0 Å². The molecule has 7 heteroatoms. The molecule has 0 unspecified atom stereocenters. The average molecular weight is 404 g/mol. The van der Waals surface area contributed by atoms with Gasteiger partial charge >= 0.3 is 6.03 Å². The molecule has 126 valence electrons. The van der Waals surface area contributed by atoms with Gasteiger partial charge in [0.1, 0.15) is 0 Å². The monoisotopic (exact) mass is 402 g/mol. The molecule has 0 bridgehead atoms. The number of amides is 2. The minimum atomic E-state index is -0.0815. The van der Waals surface area contributed by atoms with Crippen molar-refractivity contribution in [1.29, 1.82) is 0 Å². The van der Waals surface area contributed by atoms with E-state index in [4.69, 9.17) is 46.4 Å². The van der Waals surface area contributed by atoms with Crippen molar-refractivity contribution in [2.45, 2.75) is 13.1 Å². The first-order valence-corrected chi connectivity index (χ1v) is 8.88. The van der Waals surface area contributed by atoms with Gasteiger partial charge in [-0.3, -0.25) is 0 Å². The number of halogens is 4. The van der Waals surface area contributed by atoms with Gasteiger partial charge in [0.2, 0.25) is 0 Å². The van der Waals surface area contributed by atoms with Gasteiger partial charge in [-0.25, -0.2) is 4.79 Å². The molecule has 24 heavy (non-hydrogen) atoms. The highest BCUT2D eigenvalue weighted by Gasteiger charge is 2.30. The molecule has 1 heterocycles. The fraction of sp³-hybridized carbons (Fsp3) is 0.235. The summed E-state index contributed by atoms with van der Waals surface area (Å²) in [6.07, 6.45) is 0. The Labute approximate surface area is 160 Å². The summed E-state index contributed by atoms with van der Waals surface area (Å²) in [4.78, 5) is 16.1. The Bertz CT molecular complexity index is 677. The maximum Gasteiger partial charge on any atom is 0.320 e. The third-order valence-corrected chi connectivity index (χ3v) is 5.42. The second kappa shape index (κ2) is 7.40. The first-order valence-electron chi connectivity index (χ1n) is 7.37. The first kappa shape index (κ1) is 17.7. The van der Waals surface area contributed by atoms with Gasteiger partial charge in [0.15, 0.2) is 0 Å². The number of nitrogens with zero attached hydrogens (tertiary/aromatic N) is 2. The lowest BCUT2D eigenvalue weighted by Gasteiger charge is -2.20. The van der Waals surface area contributed by atoms with Crippen LogP contribution >= 0.6 is 46.4 Å². The zero-order chi connectivity index (χ0) is 17.3. The van der Waals surface area contributed by atoms with Gasteiger partial charge < -0.3 is 9.80 Å². The second-order valence-corrected chi connectivity index (χ2v) is 7.15. The molecule has 0 saturated carbocycles. The molecule has 0 aromatic heterocycles. The highest BCUT2D eigenvalue weighted by molar-refractivity contribution is 6.36. The molecular formula is C17H14Cl4N2O. The van der Waals surface area contributed by atoms with Crippen molar-refractivity contribution < 1.29 is 4.79 Å². The number of urea groups is 1. The minimum Gasteiger partial charge on any atom is -0.318 e. The lowest BCUT2D eigenvalue weighted by molar-refractivity contribution is 0.189. The lowest BCUT2D eigenvalue weighted by Crippen LogP contribution is -2.31. The van der Waals surface area contributed by atoms with Gasteiger partial charge in [0, 0.05) is 44.3 Å². The van der Waals surface area contributed by atoms with E-state index in [9.17, 15) is 4.79 Å². The summed E-state index contributed by atoms with van der Waals surface area (Å²) in [5, 5.41) is 2.23. The summed E-state index contributed by atoms with van der Waals surface area (Å²) in [6.45, 7) is 1.96. The molecule has 1 fully saturated rings. The van der Waals surface area contributed by atoms with Crippen LogP contribution < -0.4 is 0 Å². The van der Waals surface area contributed by atoms with Crippen molar-refractivity contribution in [2.75, 3.05) is 13.1 Å². The van der Waals surface area contributed by atoms with E-state index in [0.29, 0.717) is 46.3 Å². The summed E-state index contributed by atoms with van der Waals surface area (Å²) in [7, 11) is 0. The van der Waals surface area contributed by atoms with Crippen LogP contribution in [0.2, 0.25) is 20.1 Å². The molecule has 3 nitrogen and oxygen atoms in total. The van der Waals surface area contributed by atoms with E-state index >= 15 is 0 Å². The van der Waals surface area contributed by atoms with Gasteiger partial charge in [0.25, 0.3) is 0 Å². The van der Waals surface area contributed by atoms with Crippen LogP contribution in [0, 0.1) is 0 Å². The maximum atomic E-state index is 12.6. The quantitative estimate of drug-likeness (QED) is 0.638. The third-order valence-electron chi connectivity index (χ3n) is 4.00. The standard InChI is InChI=1S/C17H14Cl4N2O/c18-13-3-1-4-14(19)11(13)9-22-7-8-23(17(22)24)10-12-15(20)5-2-6-16(12)21/h1-6H,7-10H2. The molecular weight excluding hydrogens is 390 g/mol. The van der Waals surface area contributed by atoms with Gasteiger partial charge in [0.05, 0.1) is 13.1 Å². The Morgan fingerprint density at radius 1 is 0.708 bits per heavy atom. The fourth-order valence-corrected chi connectivity index (χ4v) is 3.71. The van der Waals surface area contributed by atoms with E-state index in [0.717, 1.165) is 11.1 Å². The van der Waals surface area contributed by atoms with Crippen LogP contribution in [0.5, 0.6) is 0 Å². The van der Waals surface area contributed by atoms with Crippen molar-refractivity contribution in [3.8, 4) is 0 Å². The van der Waals surface area contributed by atoms with Crippen molar-refractivity contribution in [1.82, 2.24) is 9.80 Å². The van der Waals surface area contributed by atoms with Crippen molar-refractivity contribution >= 4 is 52.4 Å². The van der Waals surface area contributed by atoms with Crippen LogP contribution in [-0.4, -0.2) is 28.9 Å². The van der Waals surface area contributed by atoms with Gasteiger partial charge in [-0.1, -0.05) is 58.5 Å². The van der Waals surface area contributed by atoms with Crippen LogP contribution in [0.15, 0.2) is 36.4 Å². The SMILES string of the molecule is O=C1N(Cc2c(Cl)cccc2Cl)CCN1Cc1c(Cl)cccc1Cl. The molecule has 3 rings (SSSR count). The Kier molecular flexibility index (Phi) is 5.46. The normalized spacial score (nSPS) is 14.6. The Morgan fingerprint density at radius 3 is 1.38 bits per heavy atom. The van der Waals surface area contributed by atoms with E-state index in [1.54, 1.807) is 46.2 Å². The van der Waals surface area contributed by atoms with Crippen molar-refractivity contribution in [3.05, 3.63) is 67.6 Å². The summed E-state index contributed by atoms with van der Waals surface area (Å²) in [5.74, 6) is 0. The molecule has 0 aliphatic carbocycles. The summed E-state index contributed by atoms with van der Waals surface area (Å²) in [6, 6.07) is 10.6. The van der Waals surface area contributed by atoms with E-state index < -0.39 is 0 Å². The zero-order valence-electron chi connectivity index (χ0n) is 12.6. The molecule has 1 saturated heterocycles. The first-order chi connectivity index (χ1) is 11.5. The molecule has 0 atom stereocenters. The smallest absolute Gasteiger partial charge is 0.318 e. The predicted octanol–water partition coefficient (Wildman–Crippen LogP) is 5.74. The highest BCUT2D eigenvalue weighted by atomic mass is 35.5. The van der Waals surface area contributed by atoms with E-state index in [-0.39, 0.29) is 6.03 Å². The molecule has 2 aromatic rings.